The molecule has 17 heavy (non-hydrogen) atoms. The lowest BCUT2D eigenvalue weighted by molar-refractivity contribution is 1.06. The van der Waals surface area contributed by atoms with Crippen molar-refractivity contribution in [3.05, 3.63) is 51.3 Å². The molecule has 0 fully saturated rings. The third kappa shape index (κ3) is 3.17. The Labute approximate surface area is 113 Å². The van der Waals surface area contributed by atoms with Crippen molar-refractivity contribution in [1.29, 1.82) is 0 Å². The molecular formula is C12H11BrClN3. The van der Waals surface area contributed by atoms with E-state index in [4.69, 9.17) is 11.6 Å². The second kappa shape index (κ2) is 5.47. The molecule has 0 saturated carbocycles. The van der Waals surface area contributed by atoms with Crippen molar-refractivity contribution in [3.63, 3.8) is 0 Å². The Balaban J connectivity index is 2.10. The standard InChI is InChI=1S/C12H11BrClN3/c1-8-2-3-15-5-9(8)6-16-12-11(14)4-10(13)7-17-12/h2-5,7H,6H2,1H3,(H,16,17). The maximum Gasteiger partial charge on any atom is 0.145 e. The normalized spacial score (nSPS) is 10.3. The molecule has 0 atom stereocenters. The number of pyridine rings is 2. The average Bonchev–Trinajstić information content (AvgIpc) is 2.30. The van der Waals surface area contributed by atoms with Gasteiger partial charge in [0.15, 0.2) is 0 Å². The summed E-state index contributed by atoms with van der Waals surface area (Å²) in [5, 5.41) is 3.79. The number of anilines is 1. The van der Waals surface area contributed by atoms with Gasteiger partial charge >= 0.3 is 0 Å². The minimum Gasteiger partial charge on any atom is -0.365 e. The van der Waals surface area contributed by atoms with Gasteiger partial charge in [0.05, 0.1) is 5.02 Å². The molecule has 2 aromatic heterocycles. The van der Waals surface area contributed by atoms with Crippen molar-refractivity contribution in [2.75, 3.05) is 5.32 Å². The summed E-state index contributed by atoms with van der Waals surface area (Å²) in [6.07, 6.45) is 5.34. The first-order valence-corrected chi connectivity index (χ1v) is 6.28. The van der Waals surface area contributed by atoms with E-state index in [1.807, 2.05) is 18.3 Å². The van der Waals surface area contributed by atoms with Gasteiger partial charge in [-0.05, 0) is 46.1 Å². The van der Waals surface area contributed by atoms with Gasteiger partial charge in [-0.2, -0.15) is 0 Å². The van der Waals surface area contributed by atoms with Crippen molar-refractivity contribution < 1.29 is 0 Å². The van der Waals surface area contributed by atoms with Crippen LogP contribution in [-0.4, -0.2) is 9.97 Å². The predicted octanol–water partition coefficient (Wildman–Crippen LogP) is 3.81. The van der Waals surface area contributed by atoms with E-state index >= 15 is 0 Å². The minimum absolute atomic E-state index is 0.598. The molecule has 0 bridgehead atoms. The lowest BCUT2D eigenvalue weighted by atomic mass is 10.1. The highest BCUT2D eigenvalue weighted by Crippen LogP contribution is 2.23. The lowest BCUT2D eigenvalue weighted by Gasteiger charge is -2.09. The number of nitrogens with one attached hydrogen (secondary N) is 1. The highest BCUT2D eigenvalue weighted by atomic mass is 79.9. The quantitative estimate of drug-likeness (QED) is 0.936. The first-order chi connectivity index (χ1) is 8.16. The van der Waals surface area contributed by atoms with Gasteiger partial charge in [0.2, 0.25) is 0 Å². The van der Waals surface area contributed by atoms with Gasteiger partial charge in [0.1, 0.15) is 5.82 Å². The molecule has 0 aliphatic carbocycles. The number of halogens is 2. The van der Waals surface area contributed by atoms with Gasteiger partial charge in [0, 0.05) is 29.6 Å². The van der Waals surface area contributed by atoms with E-state index in [1.54, 1.807) is 12.4 Å². The summed E-state index contributed by atoms with van der Waals surface area (Å²) in [7, 11) is 0. The molecule has 0 unspecified atom stereocenters. The number of hydrogen-bond donors (Lipinski definition) is 1. The van der Waals surface area contributed by atoms with Crippen LogP contribution in [0.2, 0.25) is 5.02 Å². The number of nitrogens with zero attached hydrogens (tertiary/aromatic N) is 2. The van der Waals surface area contributed by atoms with Crippen molar-refractivity contribution in [1.82, 2.24) is 9.97 Å². The Morgan fingerprint density at radius 1 is 1.41 bits per heavy atom. The first-order valence-electron chi connectivity index (χ1n) is 5.11. The van der Waals surface area contributed by atoms with Crippen LogP contribution >= 0.6 is 27.5 Å². The fourth-order valence-corrected chi connectivity index (χ4v) is 2.10. The lowest BCUT2D eigenvalue weighted by Crippen LogP contribution is -2.03. The first kappa shape index (κ1) is 12.3. The second-order valence-corrected chi connectivity index (χ2v) is 4.96. The molecule has 2 heterocycles. The molecule has 0 aromatic carbocycles. The summed E-state index contributed by atoms with van der Waals surface area (Å²) >= 11 is 9.38. The van der Waals surface area contributed by atoms with Gasteiger partial charge in [-0.3, -0.25) is 4.98 Å². The summed E-state index contributed by atoms with van der Waals surface area (Å²) in [5.74, 6) is 0.679. The zero-order valence-electron chi connectivity index (χ0n) is 9.24. The largest absolute Gasteiger partial charge is 0.365 e. The monoisotopic (exact) mass is 311 g/mol. The van der Waals surface area contributed by atoms with Crippen LogP contribution in [-0.2, 0) is 6.54 Å². The molecule has 0 aliphatic rings. The van der Waals surface area contributed by atoms with E-state index in [1.165, 1.54) is 5.56 Å². The molecule has 0 radical (unpaired) electrons. The molecule has 0 amide bonds. The van der Waals surface area contributed by atoms with Gasteiger partial charge in [0.25, 0.3) is 0 Å². The third-order valence-electron chi connectivity index (χ3n) is 2.40. The predicted molar refractivity (Wildman–Crippen MR) is 73.2 cm³/mol. The van der Waals surface area contributed by atoms with E-state index in [-0.39, 0.29) is 0 Å². The molecule has 88 valence electrons. The van der Waals surface area contributed by atoms with E-state index in [2.05, 4.69) is 38.1 Å². The fraction of sp³-hybridized carbons (Fsp3) is 0.167. The summed E-state index contributed by atoms with van der Waals surface area (Å²) in [4.78, 5) is 8.31. The molecule has 0 spiro atoms. The maximum atomic E-state index is 6.06. The fourth-order valence-electron chi connectivity index (χ4n) is 1.41. The van der Waals surface area contributed by atoms with Crippen LogP contribution in [0.5, 0.6) is 0 Å². The second-order valence-electron chi connectivity index (χ2n) is 3.64. The van der Waals surface area contributed by atoms with Crippen LogP contribution in [0.1, 0.15) is 11.1 Å². The third-order valence-corrected chi connectivity index (χ3v) is 3.12. The summed E-state index contributed by atoms with van der Waals surface area (Å²) in [6.45, 7) is 2.71. The van der Waals surface area contributed by atoms with Gasteiger partial charge in [-0.25, -0.2) is 4.98 Å². The topological polar surface area (TPSA) is 37.8 Å². The Kier molecular flexibility index (Phi) is 3.97. The van der Waals surface area contributed by atoms with Crippen molar-refractivity contribution in [2.45, 2.75) is 13.5 Å². The van der Waals surface area contributed by atoms with Crippen molar-refractivity contribution in [3.8, 4) is 0 Å². The van der Waals surface area contributed by atoms with Crippen LogP contribution in [0.25, 0.3) is 0 Å². The number of aromatic nitrogens is 2. The SMILES string of the molecule is Cc1ccncc1CNc1ncc(Br)cc1Cl. The highest BCUT2D eigenvalue weighted by molar-refractivity contribution is 9.10. The van der Waals surface area contributed by atoms with Crippen molar-refractivity contribution in [2.24, 2.45) is 0 Å². The molecule has 3 nitrogen and oxygen atoms in total. The summed E-state index contributed by atoms with van der Waals surface area (Å²) in [5.41, 5.74) is 2.33. The molecule has 5 heteroatoms. The number of rotatable bonds is 3. The Bertz CT molecular complexity index is 531. The van der Waals surface area contributed by atoms with Crippen LogP contribution in [0, 0.1) is 6.92 Å². The van der Waals surface area contributed by atoms with E-state index in [9.17, 15) is 0 Å². The van der Waals surface area contributed by atoms with E-state index in [0.717, 1.165) is 10.0 Å². The van der Waals surface area contributed by atoms with Gasteiger partial charge in [-0.1, -0.05) is 11.6 Å². The van der Waals surface area contributed by atoms with Gasteiger partial charge < -0.3 is 5.32 Å². The zero-order chi connectivity index (χ0) is 12.3. The van der Waals surface area contributed by atoms with E-state index < -0.39 is 0 Å². The average molecular weight is 313 g/mol. The summed E-state index contributed by atoms with van der Waals surface area (Å²) < 4.78 is 0.866. The highest BCUT2D eigenvalue weighted by Gasteiger charge is 2.03. The van der Waals surface area contributed by atoms with Crippen molar-refractivity contribution >= 4 is 33.3 Å². The Hall–Kier alpha value is -1.13. The Morgan fingerprint density at radius 3 is 2.94 bits per heavy atom. The minimum atomic E-state index is 0.598. The number of hydrogen-bond acceptors (Lipinski definition) is 3. The summed E-state index contributed by atoms with van der Waals surface area (Å²) in [6, 6.07) is 3.79. The molecule has 1 N–H and O–H groups in total. The molecular weight excluding hydrogens is 302 g/mol. The smallest absolute Gasteiger partial charge is 0.145 e. The molecule has 0 saturated heterocycles. The molecule has 2 aromatic rings. The Morgan fingerprint density at radius 2 is 2.24 bits per heavy atom. The van der Waals surface area contributed by atoms with E-state index in [0.29, 0.717) is 17.4 Å². The number of aryl methyl sites for hydroxylation is 1. The van der Waals surface area contributed by atoms with Crippen LogP contribution < -0.4 is 5.32 Å². The zero-order valence-corrected chi connectivity index (χ0v) is 11.6. The van der Waals surface area contributed by atoms with Gasteiger partial charge in [-0.15, -0.1) is 0 Å². The van der Waals surface area contributed by atoms with Crippen LogP contribution in [0.15, 0.2) is 35.2 Å². The molecule has 0 aliphatic heterocycles. The van der Waals surface area contributed by atoms with Crippen LogP contribution in [0.4, 0.5) is 5.82 Å². The van der Waals surface area contributed by atoms with Crippen LogP contribution in [0.3, 0.4) is 0 Å². The maximum absolute atomic E-state index is 6.06. The molecule has 2 rings (SSSR count).